The number of benzene rings is 2. The number of ether oxygens (including phenoxy) is 7. The van der Waals surface area contributed by atoms with Crippen LogP contribution in [-0.4, -0.2) is 128 Å². The number of imide groups is 1. The van der Waals surface area contributed by atoms with E-state index in [0.717, 1.165) is 13.8 Å². The molecule has 2 saturated carbocycles. The van der Waals surface area contributed by atoms with Gasteiger partial charge >= 0.3 is 36.1 Å². The summed E-state index contributed by atoms with van der Waals surface area (Å²) in [7, 11) is 0. The first-order valence-electron chi connectivity index (χ1n) is 22.5. The number of aliphatic hydroxyl groups is 3. The topological polar surface area (TPSA) is 248 Å². The highest BCUT2D eigenvalue weighted by molar-refractivity contribution is 5.94. The lowest BCUT2D eigenvalue weighted by Crippen LogP contribution is -2.81. The first kappa shape index (κ1) is 51.7. The van der Waals surface area contributed by atoms with E-state index < -0.39 is 130 Å². The molecular weight excluding hydrogens is 887 g/mol. The van der Waals surface area contributed by atoms with Crippen LogP contribution >= 0.6 is 0 Å². The van der Waals surface area contributed by atoms with Crippen LogP contribution in [0.4, 0.5) is 9.59 Å². The Balaban J connectivity index is 1.56. The molecule has 1 saturated heterocycles. The van der Waals surface area contributed by atoms with E-state index >= 15 is 9.59 Å². The molecule has 0 spiro atoms. The van der Waals surface area contributed by atoms with Crippen LogP contribution < -0.4 is 0 Å². The largest absolute Gasteiger partial charge is 0.455 e. The van der Waals surface area contributed by atoms with Gasteiger partial charge in [0.05, 0.1) is 29.6 Å². The minimum Gasteiger partial charge on any atom is -0.455 e. The Morgan fingerprint density at radius 3 is 1.84 bits per heavy atom. The molecule has 2 aromatic carbocycles. The third kappa shape index (κ3) is 9.27. The van der Waals surface area contributed by atoms with Crippen LogP contribution in [0, 0.1) is 16.7 Å². The fourth-order valence-electron chi connectivity index (χ4n) is 10.4. The second kappa shape index (κ2) is 18.3. The number of aliphatic hydroxyl groups excluding tert-OH is 2. The highest BCUT2D eigenvalue weighted by Gasteiger charge is 2.78. The Labute approximate surface area is 395 Å². The van der Waals surface area contributed by atoms with Crippen LogP contribution in [0.25, 0.3) is 0 Å². The number of carbonyl (C=O) groups is 7. The molecule has 2 amide bonds. The van der Waals surface area contributed by atoms with E-state index in [1.807, 2.05) is 0 Å². The summed E-state index contributed by atoms with van der Waals surface area (Å²) in [5, 5.41) is 38.1. The maximum Gasteiger partial charge on any atom is 0.420 e. The first-order valence-corrected chi connectivity index (χ1v) is 22.5. The van der Waals surface area contributed by atoms with Crippen molar-refractivity contribution in [1.82, 2.24) is 4.90 Å². The summed E-state index contributed by atoms with van der Waals surface area (Å²) >= 11 is 0. The number of carbonyl (C=O) groups excluding carboxylic acids is 7. The number of ketones is 1. The van der Waals surface area contributed by atoms with Crippen molar-refractivity contribution in [3.63, 3.8) is 0 Å². The highest BCUT2D eigenvalue weighted by atomic mass is 16.6. The fourth-order valence-corrected chi connectivity index (χ4v) is 10.4. The molecule has 68 heavy (non-hydrogen) atoms. The van der Waals surface area contributed by atoms with E-state index in [-0.39, 0.29) is 35.3 Å². The summed E-state index contributed by atoms with van der Waals surface area (Å²) in [5.41, 5.74) is -10.5. The molecule has 11 atom stereocenters. The zero-order valence-electron chi connectivity index (χ0n) is 40.5. The molecule has 3 fully saturated rings. The molecule has 0 radical (unpaired) electrons. The molecule has 1 aliphatic heterocycles. The lowest BCUT2D eigenvalue weighted by atomic mass is 9.44. The van der Waals surface area contributed by atoms with Gasteiger partial charge < -0.3 is 48.5 Å². The normalized spacial score (nSPS) is 30.5. The van der Waals surface area contributed by atoms with Crippen LogP contribution in [-0.2, 0) is 52.3 Å². The van der Waals surface area contributed by atoms with Crippen LogP contribution in [0.1, 0.15) is 118 Å². The van der Waals surface area contributed by atoms with Crippen LogP contribution in [0.2, 0.25) is 0 Å². The van der Waals surface area contributed by atoms with Crippen LogP contribution in [0.3, 0.4) is 0 Å². The molecule has 2 bridgehead atoms. The van der Waals surface area contributed by atoms with Gasteiger partial charge in [-0.25, -0.2) is 24.1 Å². The molecule has 0 aromatic heterocycles. The molecule has 18 nitrogen and oxygen atoms in total. The second-order valence-electron chi connectivity index (χ2n) is 20.8. The Bertz CT molecular complexity index is 2320. The van der Waals surface area contributed by atoms with Gasteiger partial charge in [0.1, 0.15) is 47.3 Å². The predicted molar refractivity (Wildman–Crippen MR) is 238 cm³/mol. The Morgan fingerprint density at radius 2 is 1.35 bits per heavy atom. The number of hydrogen-bond donors (Lipinski definition) is 3. The molecule has 3 aliphatic carbocycles. The summed E-state index contributed by atoms with van der Waals surface area (Å²) in [6.07, 6.45) is -13.9. The van der Waals surface area contributed by atoms with Gasteiger partial charge in [0.25, 0.3) is 0 Å². The molecule has 6 rings (SSSR count). The predicted octanol–water partition coefficient (Wildman–Crippen LogP) is 5.48. The van der Waals surface area contributed by atoms with Crippen molar-refractivity contribution < 1.29 is 82.0 Å². The van der Waals surface area contributed by atoms with Crippen molar-refractivity contribution in [2.24, 2.45) is 16.7 Å². The van der Waals surface area contributed by atoms with Crippen LogP contribution in [0.15, 0.2) is 71.8 Å². The number of amides is 2. The van der Waals surface area contributed by atoms with Gasteiger partial charge in [0.2, 0.25) is 6.10 Å². The lowest BCUT2D eigenvalue weighted by molar-refractivity contribution is -0.346. The highest BCUT2D eigenvalue weighted by Crippen LogP contribution is 2.64. The molecule has 3 N–H and O–H groups in total. The molecule has 4 aliphatic rings. The third-order valence-electron chi connectivity index (χ3n) is 13.6. The van der Waals surface area contributed by atoms with Gasteiger partial charge in [-0.1, -0.05) is 62.4 Å². The number of hydrogen-bond acceptors (Lipinski definition) is 17. The molecule has 370 valence electrons. The van der Waals surface area contributed by atoms with Crippen LogP contribution in [0.5, 0.6) is 0 Å². The van der Waals surface area contributed by atoms with Gasteiger partial charge in [-0.3, -0.25) is 14.4 Å². The van der Waals surface area contributed by atoms with E-state index in [1.165, 1.54) is 52.0 Å². The molecule has 18 heteroatoms. The number of nitrogens with zero attached hydrogens (tertiary/aromatic N) is 1. The summed E-state index contributed by atoms with van der Waals surface area (Å²) in [6.45, 7) is 16.9. The summed E-state index contributed by atoms with van der Waals surface area (Å²) in [5.74, 6) is -6.77. The summed E-state index contributed by atoms with van der Waals surface area (Å²) in [4.78, 5) is 99.6. The quantitative estimate of drug-likeness (QED) is 0.160. The van der Waals surface area contributed by atoms with Gasteiger partial charge in [-0.2, -0.15) is 0 Å². The van der Waals surface area contributed by atoms with E-state index in [2.05, 4.69) is 0 Å². The Kier molecular flexibility index (Phi) is 13.9. The van der Waals surface area contributed by atoms with Crippen molar-refractivity contribution in [3.8, 4) is 0 Å². The standard InChI is InChI=1S/C50H63NO17/c1-26-31(64-42(58)37(63-27(2)52)35(29-19-15-13-16-20-29)51(43(59)67-45(4,5)6)44(60)68-46(7,8)9)24-50(61)40(65-41(57)30-21-17-14-18-22-30)38-48(12,39(56)36(55)34(26)47(50,10)11)32(54)23-33-49(38,25-62-33)66-28(3)53/h13-22,31-33,35-38,40,54-55,61H,23-25H2,1-12H3/t31-,32-,33+,35?,36+,37-,38?,40-,48+,49-,50+/m0/s1. The number of fused-ring (bicyclic) bond motifs is 5. The van der Waals surface area contributed by atoms with E-state index in [0.29, 0.717) is 4.90 Å². The average Bonchev–Trinajstić information content (AvgIpc) is 3.22. The minimum atomic E-state index is -2.48. The maximum atomic E-state index is 15.2. The van der Waals surface area contributed by atoms with E-state index in [9.17, 15) is 39.3 Å². The second-order valence-corrected chi connectivity index (χ2v) is 20.8. The van der Waals surface area contributed by atoms with Crippen molar-refractivity contribution in [1.29, 1.82) is 0 Å². The zero-order valence-corrected chi connectivity index (χ0v) is 40.5. The zero-order chi connectivity index (χ0) is 50.7. The molecule has 2 aromatic rings. The van der Waals surface area contributed by atoms with Gasteiger partial charge in [-0.05, 0) is 84.2 Å². The monoisotopic (exact) mass is 949 g/mol. The lowest BCUT2D eigenvalue weighted by Gasteiger charge is -2.67. The van der Waals surface area contributed by atoms with Gasteiger partial charge in [-0.15, -0.1) is 0 Å². The van der Waals surface area contributed by atoms with Gasteiger partial charge in [0, 0.05) is 32.1 Å². The molecule has 2 unspecified atom stereocenters. The van der Waals surface area contributed by atoms with Crippen molar-refractivity contribution in [3.05, 3.63) is 82.9 Å². The average molecular weight is 950 g/mol. The fraction of sp³-hybridized carbons (Fsp3) is 0.580. The third-order valence-corrected chi connectivity index (χ3v) is 13.6. The van der Waals surface area contributed by atoms with Crippen molar-refractivity contribution >= 4 is 41.8 Å². The minimum absolute atomic E-state index is 0.0322. The molecular formula is C50H63NO17. The van der Waals surface area contributed by atoms with E-state index in [1.54, 1.807) is 77.9 Å². The van der Waals surface area contributed by atoms with Crippen molar-refractivity contribution in [2.75, 3.05) is 6.61 Å². The van der Waals surface area contributed by atoms with E-state index in [4.69, 9.17) is 33.2 Å². The summed E-state index contributed by atoms with van der Waals surface area (Å²) in [6, 6.07) is 13.6. The Morgan fingerprint density at radius 1 is 0.809 bits per heavy atom. The number of rotatable bonds is 9. The van der Waals surface area contributed by atoms with Gasteiger partial charge in [0.15, 0.2) is 11.4 Å². The number of Topliss-reactive ketones (excluding diaryl/α,β-unsaturated/α-hetero) is 1. The smallest absolute Gasteiger partial charge is 0.420 e. The SMILES string of the molecule is CC(=O)O[C@H](C(=O)O[C@H]1C[C@@]2(O)[C@@H](OC(=O)c3ccccc3)C3[C@](C)(C(=O)[C@H](O)C(=C1C)C2(C)C)[C@@H](O)C[C@H]1OC[C@@]31OC(C)=O)C(c1ccccc1)N(C(=O)OC(C)(C)C)C(=O)OC(C)(C)C. The number of esters is 4. The Hall–Kier alpha value is -5.69. The first-order chi connectivity index (χ1) is 31.4. The molecule has 1 heterocycles. The maximum absolute atomic E-state index is 15.2. The van der Waals surface area contributed by atoms with Crippen molar-refractivity contribution in [2.45, 2.75) is 161 Å². The summed E-state index contributed by atoms with van der Waals surface area (Å²) < 4.78 is 41.5.